The summed E-state index contributed by atoms with van der Waals surface area (Å²) < 4.78 is 44.1. The first kappa shape index (κ1) is 13.7. The lowest BCUT2D eigenvalue weighted by atomic mass is 10.4. The minimum atomic E-state index is -3.97. The Morgan fingerprint density at radius 3 is 2.68 bits per heavy atom. The van der Waals surface area contributed by atoms with E-state index in [4.69, 9.17) is 4.42 Å². The van der Waals surface area contributed by atoms with Crippen molar-refractivity contribution in [1.82, 2.24) is 9.29 Å². The molecule has 7 heteroatoms. The molecule has 0 fully saturated rings. The molecule has 102 valence electrons. The van der Waals surface area contributed by atoms with E-state index in [1.54, 1.807) is 19.1 Å². The molecule has 0 aliphatic heterocycles. The van der Waals surface area contributed by atoms with Crippen molar-refractivity contribution >= 4 is 10.0 Å². The Bertz CT molecular complexity index is 682. The Morgan fingerprint density at radius 1 is 1.37 bits per heavy atom. The van der Waals surface area contributed by atoms with Crippen LogP contribution in [0.1, 0.15) is 11.5 Å². The lowest BCUT2D eigenvalue weighted by Gasteiger charge is -2.15. The van der Waals surface area contributed by atoms with Gasteiger partial charge in [0.15, 0.2) is 5.82 Å². The highest BCUT2D eigenvalue weighted by Gasteiger charge is 2.26. The topological polar surface area (TPSA) is 63.4 Å². The van der Waals surface area contributed by atoms with Gasteiger partial charge < -0.3 is 4.42 Å². The van der Waals surface area contributed by atoms with Gasteiger partial charge in [0.1, 0.15) is 11.5 Å². The molecular formula is C12H13FN2O3S. The molecule has 0 bridgehead atoms. The van der Waals surface area contributed by atoms with E-state index in [2.05, 4.69) is 4.98 Å². The molecule has 5 nitrogen and oxygen atoms in total. The van der Waals surface area contributed by atoms with Crippen LogP contribution in [0, 0.1) is 12.7 Å². The fourth-order valence-corrected chi connectivity index (χ4v) is 2.68. The van der Waals surface area contributed by atoms with Gasteiger partial charge in [0.25, 0.3) is 10.0 Å². The number of hydrogen-bond donors (Lipinski definition) is 0. The number of pyridine rings is 1. The number of rotatable bonds is 4. The molecule has 2 aromatic rings. The Kier molecular flexibility index (Phi) is 3.68. The maximum atomic E-state index is 13.5. The third-order valence-electron chi connectivity index (χ3n) is 2.55. The van der Waals surface area contributed by atoms with Crippen LogP contribution in [0.25, 0.3) is 0 Å². The normalized spacial score (nSPS) is 12.0. The van der Waals surface area contributed by atoms with Gasteiger partial charge in [0.05, 0.1) is 6.54 Å². The molecule has 2 aromatic heterocycles. The molecule has 0 amide bonds. The Hall–Kier alpha value is -1.73. The van der Waals surface area contributed by atoms with Crippen molar-refractivity contribution < 1.29 is 17.2 Å². The average molecular weight is 284 g/mol. The van der Waals surface area contributed by atoms with E-state index in [1.165, 1.54) is 19.3 Å². The number of nitrogens with zero attached hydrogens (tertiary/aromatic N) is 2. The largest absolute Gasteiger partial charge is 0.465 e. The molecule has 2 heterocycles. The molecule has 0 aliphatic carbocycles. The molecule has 0 atom stereocenters. The highest BCUT2D eigenvalue weighted by molar-refractivity contribution is 7.89. The van der Waals surface area contributed by atoms with Gasteiger partial charge in [-0.05, 0) is 31.2 Å². The predicted molar refractivity (Wildman–Crippen MR) is 66.3 cm³/mol. The van der Waals surface area contributed by atoms with E-state index in [0.717, 1.165) is 10.4 Å². The van der Waals surface area contributed by atoms with Crippen LogP contribution in [0.5, 0.6) is 0 Å². The van der Waals surface area contributed by atoms with Gasteiger partial charge in [-0.1, -0.05) is 0 Å². The van der Waals surface area contributed by atoms with Crippen molar-refractivity contribution in [3.05, 3.63) is 47.8 Å². The summed E-state index contributed by atoms with van der Waals surface area (Å²) >= 11 is 0. The Labute approximate surface area is 110 Å². The zero-order valence-electron chi connectivity index (χ0n) is 10.5. The SMILES string of the molecule is Cc1ccc(CN(C)S(=O)(=O)c2ncccc2F)o1. The second kappa shape index (κ2) is 5.10. The van der Waals surface area contributed by atoms with Gasteiger partial charge in [-0.3, -0.25) is 0 Å². The van der Waals surface area contributed by atoms with Gasteiger partial charge in [-0.2, -0.15) is 4.31 Å². The average Bonchev–Trinajstić information content (AvgIpc) is 2.75. The highest BCUT2D eigenvalue weighted by Crippen LogP contribution is 2.18. The van der Waals surface area contributed by atoms with Crippen LogP contribution in [0.4, 0.5) is 4.39 Å². The molecule has 0 aliphatic rings. The van der Waals surface area contributed by atoms with E-state index in [9.17, 15) is 12.8 Å². The summed E-state index contributed by atoms with van der Waals surface area (Å²) in [5, 5.41) is -0.583. The van der Waals surface area contributed by atoms with Crippen molar-refractivity contribution in [1.29, 1.82) is 0 Å². The van der Waals surface area contributed by atoms with Crippen molar-refractivity contribution in [2.75, 3.05) is 7.05 Å². The summed E-state index contributed by atoms with van der Waals surface area (Å²) in [5.41, 5.74) is 0. The fourth-order valence-electron chi connectivity index (χ4n) is 1.58. The first-order chi connectivity index (χ1) is 8.91. The zero-order chi connectivity index (χ0) is 14.0. The first-order valence-corrected chi connectivity index (χ1v) is 6.97. The summed E-state index contributed by atoms with van der Waals surface area (Å²) in [5.74, 6) is 0.301. The molecule has 0 unspecified atom stereocenters. The number of furan rings is 1. The molecule has 2 rings (SSSR count). The minimum Gasteiger partial charge on any atom is -0.465 e. The third-order valence-corrected chi connectivity index (χ3v) is 4.29. The first-order valence-electron chi connectivity index (χ1n) is 5.53. The zero-order valence-corrected chi connectivity index (χ0v) is 11.3. The summed E-state index contributed by atoms with van der Waals surface area (Å²) in [6.07, 6.45) is 1.24. The van der Waals surface area contributed by atoms with E-state index in [-0.39, 0.29) is 6.54 Å². The van der Waals surface area contributed by atoms with Crippen molar-refractivity contribution in [2.24, 2.45) is 0 Å². The molecule has 0 spiro atoms. The third kappa shape index (κ3) is 2.82. The van der Waals surface area contributed by atoms with E-state index in [0.29, 0.717) is 11.5 Å². The van der Waals surface area contributed by atoms with E-state index < -0.39 is 20.9 Å². The maximum Gasteiger partial charge on any atom is 0.263 e. The maximum absolute atomic E-state index is 13.5. The number of halogens is 1. The molecule has 0 radical (unpaired) electrons. The lowest BCUT2D eigenvalue weighted by Crippen LogP contribution is -2.27. The van der Waals surface area contributed by atoms with Crippen LogP contribution in [-0.2, 0) is 16.6 Å². The Morgan fingerprint density at radius 2 is 2.11 bits per heavy atom. The smallest absolute Gasteiger partial charge is 0.263 e. The van der Waals surface area contributed by atoms with Crippen LogP contribution >= 0.6 is 0 Å². The van der Waals surface area contributed by atoms with Crippen LogP contribution in [0.15, 0.2) is 39.9 Å². The summed E-state index contributed by atoms with van der Waals surface area (Å²) in [7, 11) is -2.62. The van der Waals surface area contributed by atoms with E-state index in [1.807, 2.05) is 0 Å². The lowest BCUT2D eigenvalue weighted by molar-refractivity contribution is 0.393. The molecule has 0 aromatic carbocycles. The van der Waals surface area contributed by atoms with Gasteiger partial charge in [0, 0.05) is 13.2 Å². The number of sulfonamides is 1. The van der Waals surface area contributed by atoms with Crippen LogP contribution in [0.3, 0.4) is 0 Å². The van der Waals surface area contributed by atoms with Gasteiger partial charge in [-0.15, -0.1) is 0 Å². The predicted octanol–water partition coefficient (Wildman–Crippen LogP) is 1.94. The molecule has 0 saturated carbocycles. The van der Waals surface area contributed by atoms with Crippen LogP contribution in [-0.4, -0.2) is 24.8 Å². The fraction of sp³-hybridized carbons (Fsp3) is 0.250. The second-order valence-corrected chi connectivity index (χ2v) is 6.02. The monoisotopic (exact) mass is 284 g/mol. The van der Waals surface area contributed by atoms with Gasteiger partial charge >= 0.3 is 0 Å². The quantitative estimate of drug-likeness (QED) is 0.860. The van der Waals surface area contributed by atoms with Crippen LogP contribution in [0.2, 0.25) is 0 Å². The highest BCUT2D eigenvalue weighted by atomic mass is 32.2. The van der Waals surface area contributed by atoms with E-state index >= 15 is 0 Å². The van der Waals surface area contributed by atoms with Crippen LogP contribution < -0.4 is 0 Å². The molecule has 0 saturated heterocycles. The number of hydrogen-bond acceptors (Lipinski definition) is 4. The summed E-state index contributed by atoms with van der Waals surface area (Å²) in [6, 6.07) is 5.81. The van der Waals surface area contributed by atoms with Crippen molar-refractivity contribution in [2.45, 2.75) is 18.5 Å². The standard InChI is InChI=1S/C12H13FN2O3S/c1-9-5-6-10(18-9)8-15(2)19(16,17)12-11(13)4-3-7-14-12/h3-7H,8H2,1-2H3. The number of aryl methyl sites for hydroxylation is 1. The van der Waals surface area contributed by atoms with Gasteiger partial charge in [0.2, 0.25) is 5.03 Å². The van der Waals surface area contributed by atoms with Crippen molar-refractivity contribution in [3.8, 4) is 0 Å². The second-order valence-electron chi connectivity index (χ2n) is 4.06. The molecule has 0 N–H and O–H groups in total. The minimum absolute atomic E-state index is 0.0200. The molecule has 19 heavy (non-hydrogen) atoms. The summed E-state index contributed by atoms with van der Waals surface area (Å²) in [6.45, 7) is 1.78. The molecular weight excluding hydrogens is 271 g/mol. The van der Waals surface area contributed by atoms with Gasteiger partial charge in [-0.25, -0.2) is 17.8 Å². The summed E-state index contributed by atoms with van der Waals surface area (Å²) in [4.78, 5) is 3.58. The Balaban J connectivity index is 2.27. The van der Waals surface area contributed by atoms with Crippen molar-refractivity contribution in [3.63, 3.8) is 0 Å². The number of aromatic nitrogens is 1.